The molecule has 4 heteroatoms. The molecule has 0 atom stereocenters. The molecule has 0 bridgehead atoms. The van der Waals surface area contributed by atoms with Crippen LogP contribution in [-0.4, -0.2) is 10.2 Å². The van der Waals surface area contributed by atoms with Gasteiger partial charge in [0.15, 0.2) is 3.95 Å². The van der Waals surface area contributed by atoms with Gasteiger partial charge < -0.3 is 0 Å². The van der Waals surface area contributed by atoms with Crippen LogP contribution in [-0.2, 0) is 0 Å². The highest BCUT2D eigenvalue weighted by molar-refractivity contribution is 7.73. The first-order valence-electron chi connectivity index (χ1n) is 2.75. The number of aromatic amines is 1. The normalized spacial score (nSPS) is 10.6. The fourth-order valence-electron chi connectivity index (χ4n) is 0.488. The second-order valence-corrected chi connectivity index (χ2v) is 3.80. The first-order chi connectivity index (χ1) is 4.20. The summed E-state index contributed by atoms with van der Waals surface area (Å²) >= 11 is 6.40. The summed E-state index contributed by atoms with van der Waals surface area (Å²) in [7, 11) is 0. The summed E-state index contributed by atoms with van der Waals surface area (Å²) < 4.78 is 0.763. The lowest BCUT2D eigenvalue weighted by Gasteiger charge is -1.92. The van der Waals surface area contributed by atoms with Crippen molar-refractivity contribution in [3.05, 3.63) is 8.96 Å². The Bertz CT molecular complexity index is 240. The summed E-state index contributed by atoms with van der Waals surface area (Å²) in [6, 6.07) is 0. The third kappa shape index (κ3) is 1.59. The molecule has 1 N–H and O–H groups in total. The molecule has 1 aromatic rings. The van der Waals surface area contributed by atoms with Crippen LogP contribution in [0.3, 0.4) is 0 Å². The molecule has 0 unspecified atom stereocenters. The van der Waals surface area contributed by atoms with Gasteiger partial charge in [-0.2, -0.15) is 5.10 Å². The average molecular weight is 162 g/mol. The summed E-state index contributed by atoms with van der Waals surface area (Å²) in [6.07, 6.45) is 0. The molecule has 0 aliphatic heterocycles. The van der Waals surface area contributed by atoms with Gasteiger partial charge in [0.1, 0.15) is 5.01 Å². The largest absolute Gasteiger partial charge is 0.258 e. The van der Waals surface area contributed by atoms with E-state index >= 15 is 0 Å². The number of nitrogens with one attached hydrogen (secondary N) is 1. The Labute approximate surface area is 64.4 Å². The van der Waals surface area contributed by atoms with E-state index in [1.807, 2.05) is 0 Å². The highest BCUT2D eigenvalue weighted by atomic mass is 32.1. The third-order valence-electron chi connectivity index (χ3n) is 0.949. The van der Waals surface area contributed by atoms with Crippen molar-refractivity contribution in [3.8, 4) is 0 Å². The highest BCUT2D eigenvalue weighted by Gasteiger charge is 2.00. The van der Waals surface area contributed by atoms with E-state index in [4.69, 9.17) is 12.2 Å². The van der Waals surface area contributed by atoms with Crippen molar-refractivity contribution in [2.24, 2.45) is 0 Å². The van der Waals surface area contributed by atoms with Crippen molar-refractivity contribution < 1.29 is 1.43 Å². The number of H-pyrrole nitrogens is 1. The third-order valence-corrected chi connectivity index (χ3v) is 2.34. The Morgan fingerprint density at radius 3 is 2.67 bits per heavy atom. The summed E-state index contributed by atoms with van der Waals surface area (Å²) in [5, 5.41) is 7.82. The van der Waals surface area contributed by atoms with Crippen LogP contribution in [0.4, 0.5) is 0 Å². The van der Waals surface area contributed by atoms with Crippen molar-refractivity contribution >= 4 is 23.6 Å². The monoisotopic (exact) mass is 162 g/mol. The minimum atomic E-state index is 0. The van der Waals surface area contributed by atoms with Gasteiger partial charge in [0.05, 0.1) is 0 Å². The molecule has 1 aromatic heterocycles. The van der Waals surface area contributed by atoms with Crippen molar-refractivity contribution in [2.45, 2.75) is 19.8 Å². The van der Waals surface area contributed by atoms with Crippen LogP contribution in [0.25, 0.3) is 0 Å². The zero-order valence-electron chi connectivity index (χ0n) is 5.34. The van der Waals surface area contributed by atoms with Gasteiger partial charge in [-0.05, 0) is 12.2 Å². The molecule has 1 rings (SSSR count). The molecule has 0 radical (unpaired) electrons. The maximum Gasteiger partial charge on any atom is 0.176 e. The van der Waals surface area contributed by atoms with E-state index < -0.39 is 0 Å². The van der Waals surface area contributed by atoms with Crippen molar-refractivity contribution in [2.75, 3.05) is 0 Å². The van der Waals surface area contributed by atoms with Gasteiger partial charge in [-0.1, -0.05) is 25.2 Å². The average Bonchev–Trinajstić information content (AvgIpc) is 2.14. The molecule has 52 valence electrons. The molecule has 0 amide bonds. The lowest BCUT2D eigenvalue weighted by atomic mass is 10.2. The quantitative estimate of drug-likeness (QED) is 0.643. The van der Waals surface area contributed by atoms with E-state index in [0.29, 0.717) is 5.92 Å². The predicted octanol–water partition coefficient (Wildman–Crippen LogP) is 2.57. The highest BCUT2D eigenvalue weighted by Crippen LogP contribution is 2.15. The molecule has 0 saturated carbocycles. The number of rotatable bonds is 1. The Kier molecular flexibility index (Phi) is 1.97. The Hall–Kier alpha value is -0.220. The maximum absolute atomic E-state index is 4.85. The van der Waals surface area contributed by atoms with E-state index in [0.717, 1.165) is 8.96 Å². The van der Waals surface area contributed by atoms with Crippen LogP contribution < -0.4 is 0 Å². The molecule has 0 aromatic carbocycles. The van der Waals surface area contributed by atoms with Crippen LogP contribution in [0.1, 0.15) is 26.2 Å². The number of aromatic nitrogens is 2. The second kappa shape index (κ2) is 2.58. The first-order valence-corrected chi connectivity index (χ1v) is 3.98. The van der Waals surface area contributed by atoms with Gasteiger partial charge >= 0.3 is 0 Å². The Balaban J connectivity index is 0.000000810. The zero-order valence-corrected chi connectivity index (χ0v) is 6.97. The molecule has 0 saturated heterocycles. The van der Waals surface area contributed by atoms with E-state index in [2.05, 4.69) is 24.0 Å². The molecular formula is C5H10N2S2. The molecule has 0 spiro atoms. The van der Waals surface area contributed by atoms with E-state index in [1.54, 1.807) is 11.3 Å². The molecule has 0 aliphatic carbocycles. The molecule has 0 fully saturated rings. The zero-order chi connectivity index (χ0) is 6.85. The lowest BCUT2D eigenvalue weighted by molar-refractivity contribution is 0.824. The lowest BCUT2D eigenvalue weighted by Crippen LogP contribution is -1.83. The summed E-state index contributed by atoms with van der Waals surface area (Å²) in [5.74, 6) is 0.489. The van der Waals surface area contributed by atoms with Gasteiger partial charge in [0.25, 0.3) is 0 Å². The number of hydrogen-bond acceptors (Lipinski definition) is 3. The maximum atomic E-state index is 4.85. The molecule has 2 nitrogen and oxygen atoms in total. The molecule has 1 heterocycles. The fourth-order valence-corrected chi connectivity index (χ4v) is 1.40. The van der Waals surface area contributed by atoms with Crippen LogP contribution in [0.15, 0.2) is 0 Å². The predicted molar refractivity (Wildman–Crippen MR) is 43.5 cm³/mol. The van der Waals surface area contributed by atoms with Crippen LogP contribution in [0.5, 0.6) is 0 Å². The first kappa shape index (κ1) is 6.89. The molecule has 9 heavy (non-hydrogen) atoms. The van der Waals surface area contributed by atoms with Crippen molar-refractivity contribution in [3.63, 3.8) is 0 Å². The minimum Gasteiger partial charge on any atom is -0.258 e. The van der Waals surface area contributed by atoms with Gasteiger partial charge in [0.2, 0.25) is 0 Å². The van der Waals surface area contributed by atoms with Crippen LogP contribution >= 0.6 is 23.6 Å². The van der Waals surface area contributed by atoms with E-state index in [1.165, 1.54) is 0 Å². The van der Waals surface area contributed by atoms with Crippen molar-refractivity contribution in [1.29, 1.82) is 0 Å². The van der Waals surface area contributed by atoms with E-state index in [-0.39, 0.29) is 1.43 Å². The topological polar surface area (TPSA) is 28.7 Å². The molecule has 0 aliphatic rings. The summed E-state index contributed by atoms with van der Waals surface area (Å²) in [4.78, 5) is 0. The van der Waals surface area contributed by atoms with Crippen LogP contribution in [0.2, 0.25) is 0 Å². The number of nitrogens with zero attached hydrogens (tertiary/aromatic N) is 1. The van der Waals surface area contributed by atoms with Gasteiger partial charge in [0, 0.05) is 7.34 Å². The smallest absolute Gasteiger partial charge is 0.176 e. The Morgan fingerprint density at radius 2 is 2.44 bits per heavy atom. The summed E-state index contributed by atoms with van der Waals surface area (Å²) in [6.45, 7) is 4.20. The standard InChI is InChI=1S/C5H8N2S2.H2/c1-3(2)4-6-7-5(8)9-4;/h3H,1-2H3,(H,7,8);1H. The second-order valence-electron chi connectivity index (χ2n) is 2.11. The fraction of sp³-hybridized carbons (Fsp3) is 0.600. The van der Waals surface area contributed by atoms with Gasteiger partial charge in [-0.25, -0.2) is 0 Å². The van der Waals surface area contributed by atoms with Gasteiger partial charge in [-0.3, -0.25) is 5.10 Å². The Morgan fingerprint density at radius 1 is 1.78 bits per heavy atom. The SMILES string of the molecule is CC(C)c1n[nH]c(=S)s1.[HH]. The number of hydrogen-bond donors (Lipinski definition) is 1. The van der Waals surface area contributed by atoms with Crippen molar-refractivity contribution in [1.82, 2.24) is 10.2 Å². The molecular weight excluding hydrogens is 152 g/mol. The van der Waals surface area contributed by atoms with E-state index in [9.17, 15) is 0 Å². The van der Waals surface area contributed by atoms with Gasteiger partial charge in [-0.15, -0.1) is 0 Å². The summed E-state index contributed by atoms with van der Waals surface area (Å²) in [5.41, 5.74) is 0. The van der Waals surface area contributed by atoms with Crippen LogP contribution in [0, 0.1) is 3.95 Å². The minimum absolute atomic E-state index is 0.